The maximum Gasteiger partial charge on any atom is 0.306 e. The summed E-state index contributed by atoms with van der Waals surface area (Å²) < 4.78 is 34.9. The quantitative estimate of drug-likeness (QED) is 0.0197. The molecule has 0 fully saturated rings. The Hall–Kier alpha value is -1.28. The lowest BCUT2D eigenvalue weighted by molar-refractivity contribution is -0.870. The third-order valence-electron chi connectivity index (χ3n) is 13.2. The molecule has 0 aliphatic carbocycles. The van der Waals surface area contributed by atoms with Crippen molar-refractivity contribution in [2.24, 2.45) is 0 Å². The molecule has 0 amide bonds. The first kappa shape index (κ1) is 67.7. The van der Waals surface area contributed by atoms with Crippen molar-refractivity contribution in [3.8, 4) is 0 Å². The summed E-state index contributed by atoms with van der Waals surface area (Å²) in [5.41, 5.74) is 0. The van der Waals surface area contributed by atoms with Crippen LogP contribution in [0.3, 0.4) is 0 Å². The lowest BCUT2D eigenvalue weighted by atomic mass is 10.0. The predicted molar refractivity (Wildman–Crippen MR) is 296 cm³/mol. The molecule has 0 aliphatic rings. The highest BCUT2D eigenvalue weighted by molar-refractivity contribution is 7.45. The van der Waals surface area contributed by atoms with Gasteiger partial charge in [0.15, 0.2) is 0 Å². The van der Waals surface area contributed by atoms with Crippen molar-refractivity contribution < 1.29 is 37.3 Å². The van der Waals surface area contributed by atoms with Crippen LogP contribution in [-0.4, -0.2) is 70.7 Å². The van der Waals surface area contributed by atoms with Gasteiger partial charge < -0.3 is 27.9 Å². The molecule has 0 N–H and O–H groups in total. The van der Waals surface area contributed by atoms with Crippen LogP contribution < -0.4 is 4.89 Å². The van der Waals surface area contributed by atoms with Gasteiger partial charge in [-0.15, -0.1) is 0 Å². The summed E-state index contributed by atoms with van der Waals surface area (Å²) in [4.78, 5) is 25.3. The zero-order chi connectivity index (χ0) is 50.5. The van der Waals surface area contributed by atoms with Crippen molar-refractivity contribution in [3.63, 3.8) is 0 Å². The lowest BCUT2D eigenvalue weighted by Crippen LogP contribution is -2.37. The summed E-state index contributed by atoms with van der Waals surface area (Å²) in [6.07, 6.45) is 66.2. The first-order chi connectivity index (χ1) is 33.6. The number of esters is 1. The van der Waals surface area contributed by atoms with E-state index in [1.807, 2.05) is 21.1 Å². The number of carbonyl (C=O) groups is 1. The van der Waals surface area contributed by atoms with E-state index in [1.165, 1.54) is 212 Å². The first-order valence-electron chi connectivity index (χ1n) is 29.7. The van der Waals surface area contributed by atoms with Gasteiger partial charge in [0.05, 0.1) is 34.4 Å². The number of hydrogen-bond donors (Lipinski definition) is 0. The largest absolute Gasteiger partial charge is 0.756 e. The van der Waals surface area contributed by atoms with Crippen LogP contribution in [0.4, 0.5) is 0 Å². The second-order valence-electron chi connectivity index (χ2n) is 21.4. The van der Waals surface area contributed by atoms with Gasteiger partial charge in [0.25, 0.3) is 7.82 Å². The number of allylic oxidation sites excluding steroid dienone is 6. The van der Waals surface area contributed by atoms with Gasteiger partial charge in [-0.3, -0.25) is 9.36 Å². The van der Waals surface area contributed by atoms with Gasteiger partial charge >= 0.3 is 5.97 Å². The van der Waals surface area contributed by atoms with Crippen LogP contribution >= 0.6 is 7.82 Å². The molecule has 0 radical (unpaired) electrons. The van der Waals surface area contributed by atoms with Gasteiger partial charge in [0, 0.05) is 13.0 Å². The number of quaternary nitrogens is 1. The molecule has 0 saturated carbocycles. The molecule has 69 heavy (non-hydrogen) atoms. The summed E-state index contributed by atoms with van der Waals surface area (Å²) in [5.74, 6) is -0.336. The first-order valence-corrected chi connectivity index (χ1v) is 31.2. The van der Waals surface area contributed by atoms with E-state index in [4.69, 9.17) is 18.5 Å². The van der Waals surface area contributed by atoms with Crippen LogP contribution in [0.25, 0.3) is 0 Å². The molecule has 0 bridgehead atoms. The Labute approximate surface area is 429 Å². The van der Waals surface area contributed by atoms with Crippen molar-refractivity contribution in [2.75, 3.05) is 54.1 Å². The molecule has 2 atom stereocenters. The predicted octanol–water partition coefficient (Wildman–Crippen LogP) is 18.2. The summed E-state index contributed by atoms with van der Waals surface area (Å²) in [5, 5.41) is 0. The Morgan fingerprint density at radius 3 is 1.19 bits per heavy atom. The van der Waals surface area contributed by atoms with Crippen LogP contribution in [0.5, 0.6) is 0 Å². The minimum absolute atomic E-state index is 0.0259. The van der Waals surface area contributed by atoms with E-state index in [-0.39, 0.29) is 25.8 Å². The number of hydrogen-bond acceptors (Lipinski definition) is 7. The van der Waals surface area contributed by atoms with E-state index in [0.29, 0.717) is 24.1 Å². The fourth-order valence-electron chi connectivity index (χ4n) is 8.62. The number of ether oxygens (including phenoxy) is 2. The average Bonchev–Trinajstić information content (AvgIpc) is 3.31. The number of unbranched alkanes of at least 4 members (excludes halogenated alkanes) is 36. The van der Waals surface area contributed by atoms with Crippen LogP contribution in [0.1, 0.15) is 284 Å². The monoisotopic (exact) mass is 994 g/mol. The number of phosphoric acid groups is 1. The molecule has 0 spiro atoms. The van der Waals surface area contributed by atoms with E-state index < -0.39 is 13.9 Å². The fourth-order valence-corrected chi connectivity index (χ4v) is 9.34. The van der Waals surface area contributed by atoms with Crippen molar-refractivity contribution in [2.45, 2.75) is 290 Å². The highest BCUT2D eigenvalue weighted by Crippen LogP contribution is 2.38. The summed E-state index contributed by atoms with van der Waals surface area (Å²) >= 11 is 0. The van der Waals surface area contributed by atoms with Gasteiger partial charge in [-0.1, -0.05) is 262 Å². The molecular formula is C60H116NO7P. The minimum Gasteiger partial charge on any atom is -0.756 e. The summed E-state index contributed by atoms with van der Waals surface area (Å²) in [7, 11) is 1.36. The standard InChI is InChI=1S/C60H116NO7P/c1-6-8-10-12-14-16-18-20-22-24-26-28-30-32-34-36-38-40-42-44-46-48-50-52-55-65-57-59(58-67-69(63,64)66-56-54-61(3,4)5)68-60(62)53-51-49-47-45-43-41-39-37-35-33-31-29-27-25-23-21-19-17-15-13-11-9-7-2/h19,21,25,27,31,33,59H,6-18,20,22-24,26,28-30,32,34-58H2,1-5H3/b21-19-,27-25-,33-31-. The Balaban J connectivity index is 4.05. The van der Waals surface area contributed by atoms with Crippen molar-refractivity contribution in [1.29, 1.82) is 0 Å². The molecule has 8 nitrogen and oxygen atoms in total. The topological polar surface area (TPSA) is 94.1 Å². The van der Waals surface area contributed by atoms with Crippen molar-refractivity contribution in [3.05, 3.63) is 36.5 Å². The smallest absolute Gasteiger partial charge is 0.306 e. The van der Waals surface area contributed by atoms with E-state index in [0.717, 1.165) is 51.4 Å². The van der Waals surface area contributed by atoms with Crippen molar-refractivity contribution >= 4 is 13.8 Å². The van der Waals surface area contributed by atoms with Gasteiger partial charge in [0.2, 0.25) is 0 Å². The summed E-state index contributed by atoms with van der Waals surface area (Å²) in [6.45, 7) is 5.45. The lowest BCUT2D eigenvalue weighted by Gasteiger charge is -2.28. The second-order valence-corrected chi connectivity index (χ2v) is 22.8. The molecule has 0 saturated heterocycles. The zero-order valence-corrected chi connectivity index (χ0v) is 47.4. The molecule has 9 heteroatoms. The molecule has 0 aromatic heterocycles. The number of likely N-dealkylation sites (N-methyl/N-ethyl adjacent to an activating group) is 1. The Morgan fingerprint density at radius 1 is 0.449 bits per heavy atom. The molecular weight excluding hydrogens is 878 g/mol. The SMILES string of the molecule is CCCCCCC/C=C\C/C=C\C/C=C\CCCCCCCCCCC(=O)OC(COCCCCCCCCCCCCCCCCCCCCCCCCCC)COP(=O)([O-])OCC[N+](C)(C)C. The van der Waals surface area contributed by atoms with Gasteiger partial charge in [0.1, 0.15) is 19.3 Å². The third kappa shape index (κ3) is 57.5. The van der Waals surface area contributed by atoms with E-state index in [2.05, 4.69) is 50.3 Å². The average molecular weight is 995 g/mol. The third-order valence-corrected chi connectivity index (χ3v) is 14.2. The van der Waals surface area contributed by atoms with Gasteiger partial charge in [-0.05, 0) is 51.4 Å². The number of nitrogens with zero attached hydrogens (tertiary/aromatic N) is 1. The van der Waals surface area contributed by atoms with Gasteiger partial charge in [-0.2, -0.15) is 0 Å². The molecule has 2 unspecified atom stereocenters. The maximum absolute atomic E-state index is 12.8. The molecule has 0 aromatic carbocycles. The van der Waals surface area contributed by atoms with Crippen molar-refractivity contribution in [1.82, 2.24) is 0 Å². The van der Waals surface area contributed by atoms with Crippen LogP contribution in [0, 0.1) is 0 Å². The van der Waals surface area contributed by atoms with E-state index in [9.17, 15) is 14.3 Å². The second kappa shape index (κ2) is 53.0. The number of phosphoric ester groups is 1. The molecule has 0 rings (SSSR count). The molecule has 408 valence electrons. The number of carbonyl (C=O) groups excluding carboxylic acids is 1. The van der Waals surface area contributed by atoms with Gasteiger partial charge in [-0.25, -0.2) is 0 Å². The number of rotatable bonds is 56. The highest BCUT2D eigenvalue weighted by Gasteiger charge is 2.20. The highest BCUT2D eigenvalue weighted by atomic mass is 31.2. The molecule has 0 heterocycles. The Bertz CT molecular complexity index is 1200. The zero-order valence-electron chi connectivity index (χ0n) is 46.5. The van der Waals surface area contributed by atoms with Crippen LogP contribution in [-0.2, 0) is 27.9 Å². The summed E-state index contributed by atoms with van der Waals surface area (Å²) in [6, 6.07) is 0. The molecule has 0 aromatic rings. The Morgan fingerprint density at radius 2 is 0.797 bits per heavy atom. The Kier molecular flexibility index (Phi) is 52.0. The minimum atomic E-state index is -4.54. The van der Waals surface area contributed by atoms with E-state index in [1.54, 1.807) is 0 Å². The van der Waals surface area contributed by atoms with Crippen LogP contribution in [0.2, 0.25) is 0 Å². The molecule has 0 aliphatic heterocycles. The maximum atomic E-state index is 12.8. The van der Waals surface area contributed by atoms with E-state index >= 15 is 0 Å². The fraction of sp³-hybridized carbons (Fsp3) is 0.883. The normalized spacial score (nSPS) is 13.7. The van der Waals surface area contributed by atoms with Crippen LogP contribution in [0.15, 0.2) is 36.5 Å².